The highest BCUT2D eigenvalue weighted by Crippen LogP contribution is 2.22. The van der Waals surface area contributed by atoms with Crippen LogP contribution in [0.3, 0.4) is 0 Å². The molecule has 0 spiro atoms. The summed E-state index contributed by atoms with van der Waals surface area (Å²) in [4.78, 5) is 24.2. The number of quaternary nitrogens is 1. The Morgan fingerprint density at radius 3 is 2.06 bits per heavy atom. The quantitative estimate of drug-likeness (QED) is 0.538. The fourth-order valence-electron chi connectivity index (χ4n) is 2.72. The molecule has 1 rings (SSSR count). The fraction of sp³-hybridized carbons (Fsp3) is 0.833. The lowest BCUT2D eigenvalue weighted by molar-refractivity contribution is -0.914. The third kappa shape index (κ3) is 3.19. The van der Waals surface area contributed by atoms with E-state index < -0.39 is 5.66 Å². The fourth-order valence-corrected chi connectivity index (χ4v) is 2.72. The van der Waals surface area contributed by atoms with Crippen LogP contribution in [0.1, 0.15) is 34.1 Å². The summed E-state index contributed by atoms with van der Waals surface area (Å²) in [6, 6.07) is 0.407. The predicted molar refractivity (Wildman–Crippen MR) is 65.4 cm³/mol. The van der Waals surface area contributed by atoms with Crippen LogP contribution in [0.2, 0.25) is 0 Å². The normalized spacial score (nSPS) is 31.7. The van der Waals surface area contributed by atoms with Gasteiger partial charge in [0.25, 0.3) is 0 Å². The smallest absolute Gasteiger partial charge is 0.218 e. The van der Waals surface area contributed by atoms with Gasteiger partial charge < -0.3 is 15.5 Å². The first-order valence-corrected chi connectivity index (χ1v) is 6.16. The van der Waals surface area contributed by atoms with Crippen molar-refractivity contribution in [2.45, 2.75) is 45.8 Å². The molecule has 3 N–H and O–H groups in total. The Bertz CT molecular complexity index is 301. The van der Waals surface area contributed by atoms with Gasteiger partial charge in [0.1, 0.15) is 5.66 Å². The van der Waals surface area contributed by atoms with Crippen molar-refractivity contribution < 1.29 is 14.5 Å². The zero-order valence-corrected chi connectivity index (χ0v) is 11.4. The molecule has 5 nitrogen and oxygen atoms in total. The van der Waals surface area contributed by atoms with E-state index in [1.807, 2.05) is 0 Å². The van der Waals surface area contributed by atoms with Gasteiger partial charge in [0, 0.05) is 26.2 Å². The molecule has 17 heavy (non-hydrogen) atoms. The predicted octanol–water partition coefficient (Wildman–Crippen LogP) is -1.10. The molecule has 1 aliphatic heterocycles. The second-order valence-corrected chi connectivity index (χ2v) is 5.39. The number of hydrogen-bond acceptors (Lipinski definition) is 2. The molecule has 0 aliphatic carbocycles. The Hall–Kier alpha value is -1.10. The molecule has 0 radical (unpaired) electrons. The highest BCUT2D eigenvalue weighted by atomic mass is 16.2. The number of carbonyl (C=O) groups excluding carboxylic acids is 2. The number of hydrogen-bond donors (Lipinski definition) is 3. The molecule has 1 unspecified atom stereocenters. The summed E-state index contributed by atoms with van der Waals surface area (Å²) >= 11 is 0. The van der Waals surface area contributed by atoms with Crippen LogP contribution in [0.4, 0.5) is 0 Å². The molecular formula is C12H24N3O2+. The monoisotopic (exact) mass is 242 g/mol. The maximum Gasteiger partial charge on any atom is 0.218 e. The van der Waals surface area contributed by atoms with Crippen molar-refractivity contribution >= 4 is 11.8 Å². The van der Waals surface area contributed by atoms with E-state index in [0.29, 0.717) is 6.04 Å². The van der Waals surface area contributed by atoms with Crippen LogP contribution >= 0.6 is 0 Å². The molecular weight excluding hydrogens is 218 g/mol. The largest absolute Gasteiger partial charge is 0.335 e. The van der Waals surface area contributed by atoms with E-state index in [-0.39, 0.29) is 17.7 Å². The lowest BCUT2D eigenvalue weighted by atomic mass is 9.82. The molecule has 0 saturated carbocycles. The van der Waals surface area contributed by atoms with Gasteiger partial charge in [0.05, 0.1) is 19.6 Å². The van der Waals surface area contributed by atoms with Crippen LogP contribution in [-0.4, -0.2) is 37.1 Å². The summed E-state index contributed by atoms with van der Waals surface area (Å²) in [7, 11) is 2.15. The first-order chi connectivity index (χ1) is 7.77. The number of piperidine rings is 1. The minimum Gasteiger partial charge on any atom is -0.335 e. The molecule has 3 atom stereocenters. The molecule has 5 heteroatoms. The molecule has 0 bridgehead atoms. The van der Waals surface area contributed by atoms with Crippen LogP contribution in [-0.2, 0) is 9.59 Å². The Morgan fingerprint density at radius 1 is 1.18 bits per heavy atom. The molecule has 1 aliphatic rings. The average Bonchev–Trinajstić information content (AvgIpc) is 2.12. The van der Waals surface area contributed by atoms with E-state index in [1.165, 1.54) is 18.7 Å². The first kappa shape index (κ1) is 14.0. The van der Waals surface area contributed by atoms with Crippen molar-refractivity contribution in [1.82, 2.24) is 10.6 Å². The number of nitrogens with one attached hydrogen (secondary N) is 3. The van der Waals surface area contributed by atoms with Gasteiger partial charge in [-0.15, -0.1) is 0 Å². The van der Waals surface area contributed by atoms with E-state index in [1.54, 1.807) is 0 Å². The van der Waals surface area contributed by atoms with Gasteiger partial charge in [-0.3, -0.25) is 9.59 Å². The summed E-state index contributed by atoms with van der Waals surface area (Å²) in [5.74, 6) is 0.0150. The van der Waals surface area contributed by atoms with Crippen molar-refractivity contribution in [3.8, 4) is 0 Å². The van der Waals surface area contributed by atoms with Crippen LogP contribution < -0.4 is 15.5 Å². The van der Waals surface area contributed by atoms with Gasteiger partial charge in [0.15, 0.2) is 0 Å². The highest BCUT2D eigenvalue weighted by Gasteiger charge is 2.46. The number of carbonyl (C=O) groups is 2. The zero-order valence-electron chi connectivity index (χ0n) is 11.4. The molecule has 1 saturated heterocycles. The Morgan fingerprint density at radius 2 is 1.65 bits per heavy atom. The first-order valence-electron chi connectivity index (χ1n) is 6.16. The van der Waals surface area contributed by atoms with E-state index in [4.69, 9.17) is 0 Å². The van der Waals surface area contributed by atoms with E-state index in [0.717, 1.165) is 13.0 Å². The zero-order chi connectivity index (χ0) is 13.2. The SMILES string of the molecule is CC(=O)NC1(NC(C)=O)C[C@H](C)[NH+](C)C[C@@H]1C. The highest BCUT2D eigenvalue weighted by molar-refractivity contribution is 5.77. The lowest BCUT2D eigenvalue weighted by Gasteiger charge is -2.47. The molecule has 0 aromatic rings. The van der Waals surface area contributed by atoms with Gasteiger partial charge in [-0.2, -0.15) is 0 Å². The molecule has 0 aromatic heterocycles. The van der Waals surface area contributed by atoms with Crippen molar-refractivity contribution in [2.24, 2.45) is 5.92 Å². The van der Waals surface area contributed by atoms with Gasteiger partial charge in [-0.1, -0.05) is 6.92 Å². The van der Waals surface area contributed by atoms with E-state index in [2.05, 4.69) is 31.5 Å². The Kier molecular flexibility index (Phi) is 4.14. The van der Waals surface area contributed by atoms with Crippen molar-refractivity contribution in [3.05, 3.63) is 0 Å². The van der Waals surface area contributed by atoms with E-state index >= 15 is 0 Å². The van der Waals surface area contributed by atoms with Gasteiger partial charge in [-0.25, -0.2) is 0 Å². The van der Waals surface area contributed by atoms with Crippen LogP contribution in [0.25, 0.3) is 0 Å². The molecule has 0 aromatic carbocycles. The summed E-state index contributed by atoms with van der Waals surface area (Å²) in [6.45, 7) is 8.13. The van der Waals surface area contributed by atoms with Crippen molar-refractivity contribution in [2.75, 3.05) is 13.6 Å². The maximum absolute atomic E-state index is 11.4. The second kappa shape index (κ2) is 5.04. The minimum absolute atomic E-state index is 0.0997. The van der Waals surface area contributed by atoms with Gasteiger partial charge in [-0.05, 0) is 6.92 Å². The van der Waals surface area contributed by atoms with Crippen molar-refractivity contribution in [1.29, 1.82) is 0 Å². The van der Waals surface area contributed by atoms with Crippen molar-refractivity contribution in [3.63, 3.8) is 0 Å². The third-order valence-corrected chi connectivity index (χ3v) is 3.74. The number of rotatable bonds is 2. The van der Waals surface area contributed by atoms with Gasteiger partial charge >= 0.3 is 0 Å². The summed E-state index contributed by atoms with van der Waals surface area (Å²) in [5.41, 5.74) is -0.587. The summed E-state index contributed by atoms with van der Waals surface area (Å²) in [5, 5.41) is 5.89. The Labute approximate surface area is 103 Å². The minimum atomic E-state index is -0.587. The van der Waals surface area contributed by atoms with Crippen LogP contribution in [0.15, 0.2) is 0 Å². The Balaban J connectivity index is 2.95. The second-order valence-electron chi connectivity index (χ2n) is 5.39. The summed E-state index contributed by atoms with van der Waals surface area (Å²) in [6.07, 6.45) is 0.763. The molecule has 98 valence electrons. The van der Waals surface area contributed by atoms with Crippen LogP contribution in [0, 0.1) is 5.92 Å². The summed E-state index contributed by atoms with van der Waals surface area (Å²) < 4.78 is 0. The van der Waals surface area contributed by atoms with E-state index in [9.17, 15) is 9.59 Å². The molecule has 1 heterocycles. The number of likely N-dealkylation sites (tertiary alicyclic amines) is 1. The average molecular weight is 242 g/mol. The van der Waals surface area contributed by atoms with Gasteiger partial charge in [0.2, 0.25) is 11.8 Å². The maximum atomic E-state index is 11.4. The third-order valence-electron chi connectivity index (χ3n) is 3.74. The molecule has 1 fully saturated rings. The van der Waals surface area contributed by atoms with Crippen LogP contribution in [0.5, 0.6) is 0 Å². The number of amides is 2. The topological polar surface area (TPSA) is 62.6 Å². The standard InChI is InChI=1S/C12H23N3O2/c1-8-7-15(5)9(2)6-12(8,13-10(3)16)14-11(4)17/h8-9H,6-7H2,1-5H3,(H,13,16)(H,14,17)/p+1/t8-,9-/m0/s1. The molecule has 2 amide bonds. The lowest BCUT2D eigenvalue weighted by Crippen LogP contribution is -3.16.